The van der Waals surface area contributed by atoms with Gasteiger partial charge >= 0.3 is 6.09 Å². The van der Waals surface area contributed by atoms with Gasteiger partial charge in [0.2, 0.25) is 6.17 Å². The molecule has 7 heteroatoms. The molecule has 2 aromatic rings. The zero-order valence-electron chi connectivity index (χ0n) is 20.7. The Labute approximate surface area is 211 Å². The van der Waals surface area contributed by atoms with Crippen molar-refractivity contribution in [2.45, 2.75) is 64.6 Å². The van der Waals surface area contributed by atoms with Crippen LogP contribution < -0.4 is 10.2 Å². The number of para-hydroxylation sites is 1. The van der Waals surface area contributed by atoms with Gasteiger partial charge in [0.1, 0.15) is 6.61 Å². The van der Waals surface area contributed by atoms with Crippen LogP contribution in [0.5, 0.6) is 0 Å². The van der Waals surface area contributed by atoms with Gasteiger partial charge in [0.05, 0.1) is 17.9 Å². The molecule has 1 heterocycles. The average Bonchev–Trinajstić information content (AvgIpc) is 3.75. The fourth-order valence-corrected chi connectivity index (χ4v) is 5.26. The number of aryl methyl sites for hydroxylation is 1. The summed E-state index contributed by atoms with van der Waals surface area (Å²) in [5, 5.41) is 2.68. The van der Waals surface area contributed by atoms with Crippen LogP contribution in [-0.2, 0) is 20.9 Å². The second kappa shape index (κ2) is 10.6. The zero-order valence-corrected chi connectivity index (χ0v) is 20.7. The SMILES string of the molecule is Cc1cccc2c1N(CC(=O)C1CCCCC1)C(=O)C(NC(=O)OCc1ccccc1)N=C2C1CC1. The van der Waals surface area contributed by atoms with E-state index in [1.54, 1.807) is 4.90 Å². The van der Waals surface area contributed by atoms with Crippen LogP contribution >= 0.6 is 0 Å². The lowest BCUT2D eigenvalue weighted by atomic mass is 9.86. The van der Waals surface area contributed by atoms with Crippen molar-refractivity contribution >= 4 is 29.2 Å². The van der Waals surface area contributed by atoms with E-state index in [0.717, 1.165) is 73.0 Å². The molecule has 1 aliphatic heterocycles. The van der Waals surface area contributed by atoms with Gasteiger partial charge in [0.15, 0.2) is 5.78 Å². The Hall–Kier alpha value is -3.48. The molecule has 7 nitrogen and oxygen atoms in total. The molecule has 2 fully saturated rings. The van der Waals surface area contributed by atoms with Gasteiger partial charge in [-0.3, -0.25) is 19.9 Å². The molecule has 2 aromatic carbocycles. The van der Waals surface area contributed by atoms with E-state index in [1.807, 2.05) is 55.5 Å². The number of benzene rings is 2. The van der Waals surface area contributed by atoms with Crippen molar-refractivity contribution in [3.8, 4) is 0 Å². The molecule has 2 aliphatic carbocycles. The van der Waals surface area contributed by atoms with E-state index in [9.17, 15) is 14.4 Å². The number of hydrogen-bond donors (Lipinski definition) is 1. The normalized spacial score (nSPS) is 20.2. The van der Waals surface area contributed by atoms with Crippen molar-refractivity contribution in [3.05, 3.63) is 65.2 Å². The van der Waals surface area contributed by atoms with Gasteiger partial charge in [-0.15, -0.1) is 0 Å². The Morgan fingerprint density at radius 3 is 2.47 bits per heavy atom. The van der Waals surface area contributed by atoms with E-state index in [2.05, 4.69) is 5.32 Å². The summed E-state index contributed by atoms with van der Waals surface area (Å²) in [6.45, 7) is 2.04. The minimum atomic E-state index is -1.14. The fourth-order valence-electron chi connectivity index (χ4n) is 5.26. The van der Waals surface area contributed by atoms with E-state index in [0.29, 0.717) is 0 Å². The highest BCUT2D eigenvalue weighted by Crippen LogP contribution is 2.39. The standard InChI is InChI=1S/C29H33N3O4/c1-19-9-8-14-23-25(22-15-16-22)30-27(31-29(35)36-18-20-10-4-2-5-11-20)28(34)32(26(19)23)17-24(33)21-12-6-3-7-13-21/h2,4-5,8-11,14,21-22,27H,3,6-7,12-13,15-18H2,1H3,(H,31,35). The molecule has 2 amide bonds. The van der Waals surface area contributed by atoms with Crippen molar-refractivity contribution in [2.24, 2.45) is 16.8 Å². The Morgan fingerprint density at radius 1 is 1.00 bits per heavy atom. The van der Waals surface area contributed by atoms with E-state index in [1.165, 1.54) is 0 Å². The summed E-state index contributed by atoms with van der Waals surface area (Å²) in [6.07, 6.45) is 5.13. The third-order valence-corrected chi connectivity index (χ3v) is 7.36. The van der Waals surface area contributed by atoms with Crippen molar-refractivity contribution in [1.29, 1.82) is 0 Å². The molecule has 0 bridgehead atoms. The molecular formula is C29H33N3O4. The number of amides is 2. The number of anilines is 1. The number of benzodiazepines with no additional fused rings is 1. The maximum atomic E-state index is 13.9. The number of fused-ring (bicyclic) bond motifs is 1. The number of nitrogens with zero attached hydrogens (tertiary/aromatic N) is 2. The van der Waals surface area contributed by atoms with E-state index < -0.39 is 18.2 Å². The molecule has 1 unspecified atom stereocenters. The molecule has 188 valence electrons. The minimum absolute atomic E-state index is 0.00787. The number of ether oxygens (including phenoxy) is 1. The first-order chi connectivity index (χ1) is 17.5. The van der Waals surface area contributed by atoms with Crippen molar-refractivity contribution in [1.82, 2.24) is 5.32 Å². The molecule has 1 N–H and O–H groups in total. The molecule has 0 saturated heterocycles. The second-order valence-electron chi connectivity index (χ2n) is 10.1. The summed E-state index contributed by atoms with van der Waals surface area (Å²) in [6, 6.07) is 15.3. The fraction of sp³-hybridized carbons (Fsp3) is 0.448. The summed E-state index contributed by atoms with van der Waals surface area (Å²) < 4.78 is 5.39. The number of carbonyl (C=O) groups is 3. The van der Waals surface area contributed by atoms with Gasteiger partial charge < -0.3 is 9.64 Å². The first-order valence-electron chi connectivity index (χ1n) is 13.0. The highest BCUT2D eigenvalue weighted by molar-refractivity contribution is 6.16. The first kappa shape index (κ1) is 24.2. The quantitative estimate of drug-likeness (QED) is 0.599. The van der Waals surface area contributed by atoms with Crippen LogP contribution in [0.15, 0.2) is 53.5 Å². The van der Waals surface area contributed by atoms with Crippen LogP contribution in [0.25, 0.3) is 0 Å². The molecule has 2 saturated carbocycles. The van der Waals surface area contributed by atoms with Crippen molar-refractivity contribution in [2.75, 3.05) is 11.4 Å². The molecule has 5 rings (SSSR count). The third kappa shape index (κ3) is 5.35. The Bertz CT molecular complexity index is 1170. The monoisotopic (exact) mass is 487 g/mol. The van der Waals surface area contributed by atoms with Crippen LogP contribution in [0.4, 0.5) is 10.5 Å². The highest BCUT2D eigenvalue weighted by atomic mass is 16.5. The summed E-state index contributed by atoms with van der Waals surface area (Å²) in [7, 11) is 0. The summed E-state index contributed by atoms with van der Waals surface area (Å²) in [4.78, 5) is 46.2. The molecule has 3 aliphatic rings. The number of carbonyl (C=O) groups excluding carboxylic acids is 3. The van der Waals surface area contributed by atoms with E-state index in [-0.39, 0.29) is 30.8 Å². The Morgan fingerprint density at radius 2 is 1.75 bits per heavy atom. The smallest absolute Gasteiger partial charge is 0.409 e. The number of alkyl carbamates (subject to hydrolysis) is 1. The molecule has 0 radical (unpaired) electrons. The van der Waals surface area contributed by atoms with Crippen LogP contribution in [-0.4, -0.2) is 36.2 Å². The van der Waals surface area contributed by atoms with Gasteiger partial charge in [0.25, 0.3) is 5.91 Å². The molecule has 36 heavy (non-hydrogen) atoms. The third-order valence-electron chi connectivity index (χ3n) is 7.36. The largest absolute Gasteiger partial charge is 0.445 e. The lowest BCUT2D eigenvalue weighted by Crippen LogP contribution is -2.49. The minimum Gasteiger partial charge on any atom is -0.445 e. The molecular weight excluding hydrogens is 454 g/mol. The second-order valence-corrected chi connectivity index (χ2v) is 10.1. The number of Topliss-reactive ketones (excluding diaryl/α,β-unsaturated/α-hetero) is 1. The number of hydrogen-bond acceptors (Lipinski definition) is 5. The van der Waals surface area contributed by atoms with Crippen LogP contribution in [0, 0.1) is 18.8 Å². The van der Waals surface area contributed by atoms with Crippen molar-refractivity contribution < 1.29 is 19.1 Å². The van der Waals surface area contributed by atoms with E-state index in [4.69, 9.17) is 9.73 Å². The van der Waals surface area contributed by atoms with Gasteiger partial charge in [0, 0.05) is 17.4 Å². The number of aliphatic imine (C=N–C) groups is 1. The lowest BCUT2D eigenvalue weighted by molar-refractivity contribution is -0.126. The maximum absolute atomic E-state index is 13.9. The summed E-state index contributed by atoms with van der Waals surface area (Å²) in [5.41, 5.74) is 4.20. The predicted molar refractivity (Wildman–Crippen MR) is 138 cm³/mol. The topological polar surface area (TPSA) is 88.1 Å². The van der Waals surface area contributed by atoms with E-state index >= 15 is 0 Å². The van der Waals surface area contributed by atoms with Gasteiger partial charge in [-0.2, -0.15) is 0 Å². The Kier molecular flexibility index (Phi) is 7.16. The highest BCUT2D eigenvalue weighted by Gasteiger charge is 2.40. The number of rotatable bonds is 7. The predicted octanol–water partition coefficient (Wildman–Crippen LogP) is 4.94. The van der Waals surface area contributed by atoms with Crippen LogP contribution in [0.1, 0.15) is 61.6 Å². The summed E-state index contributed by atoms with van der Waals surface area (Å²) >= 11 is 0. The Balaban J connectivity index is 1.42. The van der Waals surface area contributed by atoms with Crippen molar-refractivity contribution in [3.63, 3.8) is 0 Å². The summed E-state index contributed by atoms with van der Waals surface area (Å²) in [5.74, 6) is -0.0927. The van der Waals surface area contributed by atoms with Gasteiger partial charge in [-0.1, -0.05) is 67.8 Å². The molecule has 0 spiro atoms. The molecule has 1 atom stereocenters. The maximum Gasteiger partial charge on any atom is 0.409 e. The number of nitrogens with one attached hydrogen (secondary N) is 1. The van der Waals surface area contributed by atoms with Crippen LogP contribution in [0.2, 0.25) is 0 Å². The lowest BCUT2D eigenvalue weighted by Gasteiger charge is -2.29. The average molecular weight is 488 g/mol. The van der Waals surface area contributed by atoms with Gasteiger partial charge in [-0.05, 0) is 43.7 Å². The first-order valence-corrected chi connectivity index (χ1v) is 13.0. The van der Waals surface area contributed by atoms with Gasteiger partial charge in [-0.25, -0.2) is 4.79 Å². The van der Waals surface area contributed by atoms with Crippen LogP contribution in [0.3, 0.4) is 0 Å². The molecule has 0 aromatic heterocycles. The zero-order chi connectivity index (χ0) is 25.1. The number of ketones is 1.